The number of hydrogen-bond donors (Lipinski definition) is 3. The highest BCUT2D eigenvalue weighted by Crippen LogP contribution is 2.25. The molecule has 176 valence electrons. The molecule has 1 aliphatic rings. The van der Waals surface area contributed by atoms with Crippen LogP contribution in [0.5, 0.6) is 0 Å². The third-order valence-electron chi connectivity index (χ3n) is 5.95. The van der Waals surface area contributed by atoms with Crippen LogP contribution in [0.3, 0.4) is 0 Å². The van der Waals surface area contributed by atoms with Gasteiger partial charge in [0.05, 0.1) is 6.54 Å². The number of aryl methyl sites for hydroxylation is 1. The SMILES string of the molecule is CCNC(=NCC(C)(O)c1ccc(C)o1)NCCCN1CCN(C)CC1c1ccccc1. The molecule has 0 amide bonds. The summed E-state index contributed by atoms with van der Waals surface area (Å²) >= 11 is 0. The van der Waals surface area contributed by atoms with Crippen LogP contribution in [0.2, 0.25) is 0 Å². The molecular formula is C25H39N5O2. The van der Waals surface area contributed by atoms with E-state index in [9.17, 15) is 5.11 Å². The van der Waals surface area contributed by atoms with Gasteiger partial charge in [-0.05, 0) is 51.9 Å². The monoisotopic (exact) mass is 441 g/mol. The molecule has 0 spiro atoms. The number of likely N-dealkylation sites (N-methyl/N-ethyl adjacent to an activating group) is 1. The number of aliphatic hydroxyl groups is 1. The summed E-state index contributed by atoms with van der Waals surface area (Å²) in [5.74, 6) is 2.04. The van der Waals surface area contributed by atoms with E-state index in [0.717, 1.165) is 51.4 Å². The Kier molecular flexibility index (Phi) is 8.73. The molecule has 3 rings (SSSR count). The van der Waals surface area contributed by atoms with Crippen molar-refractivity contribution in [1.82, 2.24) is 20.4 Å². The highest BCUT2D eigenvalue weighted by atomic mass is 16.4. The van der Waals surface area contributed by atoms with E-state index in [0.29, 0.717) is 17.8 Å². The predicted octanol–water partition coefficient (Wildman–Crippen LogP) is 2.73. The Morgan fingerprint density at radius 1 is 1.19 bits per heavy atom. The molecule has 2 heterocycles. The molecular weight excluding hydrogens is 402 g/mol. The van der Waals surface area contributed by atoms with E-state index < -0.39 is 5.60 Å². The Morgan fingerprint density at radius 3 is 2.66 bits per heavy atom. The van der Waals surface area contributed by atoms with Gasteiger partial charge in [-0.25, -0.2) is 4.99 Å². The van der Waals surface area contributed by atoms with Gasteiger partial charge in [0.2, 0.25) is 0 Å². The number of hydrogen-bond acceptors (Lipinski definition) is 5. The zero-order valence-corrected chi connectivity index (χ0v) is 20.0. The van der Waals surface area contributed by atoms with Gasteiger partial charge in [-0.15, -0.1) is 0 Å². The molecule has 32 heavy (non-hydrogen) atoms. The summed E-state index contributed by atoms with van der Waals surface area (Å²) < 4.78 is 5.59. The minimum atomic E-state index is -1.14. The number of guanidine groups is 1. The number of benzene rings is 1. The van der Waals surface area contributed by atoms with Crippen LogP contribution in [-0.4, -0.2) is 73.7 Å². The lowest BCUT2D eigenvalue weighted by Gasteiger charge is -2.40. The van der Waals surface area contributed by atoms with Gasteiger partial charge in [-0.3, -0.25) is 4.90 Å². The molecule has 3 N–H and O–H groups in total. The Morgan fingerprint density at radius 2 is 1.97 bits per heavy atom. The quantitative estimate of drug-likeness (QED) is 0.316. The zero-order valence-electron chi connectivity index (χ0n) is 20.0. The van der Waals surface area contributed by atoms with Crippen LogP contribution in [0, 0.1) is 6.92 Å². The van der Waals surface area contributed by atoms with E-state index >= 15 is 0 Å². The maximum atomic E-state index is 10.7. The van der Waals surface area contributed by atoms with E-state index in [1.807, 2.05) is 26.0 Å². The third kappa shape index (κ3) is 6.82. The van der Waals surface area contributed by atoms with Crippen molar-refractivity contribution in [3.8, 4) is 0 Å². The van der Waals surface area contributed by atoms with Gasteiger partial charge < -0.3 is 25.1 Å². The molecule has 2 atom stereocenters. The third-order valence-corrected chi connectivity index (χ3v) is 5.95. The number of aliphatic imine (C=N–C) groups is 1. The normalized spacial score (nSPS) is 20.2. The fraction of sp³-hybridized carbons (Fsp3) is 0.560. The highest BCUT2D eigenvalue weighted by molar-refractivity contribution is 5.79. The second kappa shape index (κ2) is 11.5. The van der Waals surface area contributed by atoms with E-state index in [4.69, 9.17) is 4.42 Å². The molecule has 0 bridgehead atoms. The molecule has 1 fully saturated rings. The molecule has 0 radical (unpaired) electrons. The summed E-state index contributed by atoms with van der Waals surface area (Å²) in [5, 5.41) is 17.4. The number of piperazine rings is 1. The van der Waals surface area contributed by atoms with Crippen LogP contribution in [0.25, 0.3) is 0 Å². The van der Waals surface area contributed by atoms with E-state index in [2.05, 4.69) is 62.8 Å². The highest BCUT2D eigenvalue weighted by Gasteiger charge is 2.27. The van der Waals surface area contributed by atoms with E-state index in [1.54, 1.807) is 6.92 Å². The average Bonchev–Trinajstić information content (AvgIpc) is 3.23. The van der Waals surface area contributed by atoms with Crippen molar-refractivity contribution < 1.29 is 9.52 Å². The smallest absolute Gasteiger partial charge is 0.191 e. The Balaban J connectivity index is 1.52. The van der Waals surface area contributed by atoms with Gasteiger partial charge in [0.15, 0.2) is 5.96 Å². The first-order valence-corrected chi connectivity index (χ1v) is 11.7. The summed E-state index contributed by atoms with van der Waals surface area (Å²) in [6, 6.07) is 14.9. The molecule has 7 nitrogen and oxygen atoms in total. The van der Waals surface area contributed by atoms with Crippen LogP contribution in [-0.2, 0) is 5.60 Å². The van der Waals surface area contributed by atoms with Crippen LogP contribution in [0.4, 0.5) is 0 Å². The number of rotatable bonds is 9. The number of nitrogens with one attached hydrogen (secondary N) is 2. The Bertz CT molecular complexity index is 849. The number of nitrogens with zero attached hydrogens (tertiary/aromatic N) is 3. The predicted molar refractivity (Wildman–Crippen MR) is 130 cm³/mol. The minimum Gasteiger partial charge on any atom is -0.463 e. The molecule has 1 aromatic heterocycles. The topological polar surface area (TPSA) is 76.3 Å². The van der Waals surface area contributed by atoms with Gasteiger partial charge in [0, 0.05) is 45.3 Å². The summed E-state index contributed by atoms with van der Waals surface area (Å²) in [6.07, 6.45) is 1.02. The molecule has 1 aliphatic heterocycles. The van der Waals surface area contributed by atoms with Gasteiger partial charge in [-0.2, -0.15) is 0 Å². The summed E-state index contributed by atoms with van der Waals surface area (Å²) in [4.78, 5) is 9.59. The first-order chi connectivity index (χ1) is 15.4. The maximum absolute atomic E-state index is 10.7. The van der Waals surface area contributed by atoms with Crippen LogP contribution >= 0.6 is 0 Å². The van der Waals surface area contributed by atoms with Crippen molar-refractivity contribution in [2.75, 3.05) is 52.9 Å². The summed E-state index contributed by atoms with van der Waals surface area (Å²) in [5.41, 5.74) is 0.247. The van der Waals surface area contributed by atoms with Gasteiger partial charge in [0.25, 0.3) is 0 Å². The summed E-state index contributed by atoms with van der Waals surface area (Å²) in [6.45, 7) is 11.7. The standard InChI is InChI=1S/C25H39N5O2/c1-5-26-24(28-19-25(3,31)23-13-12-20(2)32-23)27-14-9-15-30-17-16-29(4)18-22(30)21-10-7-6-8-11-21/h6-8,10-13,22,31H,5,9,14-19H2,1-4H3,(H2,26,27,28). The lowest BCUT2D eigenvalue weighted by molar-refractivity contribution is 0.0428. The van der Waals surface area contributed by atoms with Gasteiger partial charge in [-0.1, -0.05) is 30.3 Å². The largest absolute Gasteiger partial charge is 0.463 e. The number of furan rings is 1. The van der Waals surface area contributed by atoms with Crippen LogP contribution in [0.1, 0.15) is 43.4 Å². The van der Waals surface area contributed by atoms with Crippen molar-refractivity contribution in [2.45, 2.75) is 38.8 Å². The van der Waals surface area contributed by atoms with Crippen LogP contribution in [0.15, 0.2) is 51.9 Å². The fourth-order valence-corrected chi connectivity index (χ4v) is 4.08. The second-order valence-electron chi connectivity index (χ2n) is 8.88. The van der Waals surface area contributed by atoms with Crippen LogP contribution < -0.4 is 10.6 Å². The molecule has 2 aromatic rings. The second-order valence-corrected chi connectivity index (χ2v) is 8.88. The first-order valence-electron chi connectivity index (χ1n) is 11.7. The van der Waals surface area contributed by atoms with Gasteiger partial charge in [0.1, 0.15) is 17.1 Å². The van der Waals surface area contributed by atoms with Crippen molar-refractivity contribution >= 4 is 5.96 Å². The van der Waals surface area contributed by atoms with Gasteiger partial charge >= 0.3 is 0 Å². The molecule has 0 aliphatic carbocycles. The zero-order chi connectivity index (χ0) is 23.0. The lowest BCUT2D eigenvalue weighted by atomic mass is 10.0. The van der Waals surface area contributed by atoms with Crippen molar-refractivity contribution in [3.05, 3.63) is 59.5 Å². The lowest BCUT2D eigenvalue weighted by Crippen LogP contribution is -2.47. The molecule has 7 heteroatoms. The maximum Gasteiger partial charge on any atom is 0.191 e. The molecule has 2 unspecified atom stereocenters. The van der Waals surface area contributed by atoms with E-state index in [-0.39, 0.29) is 6.54 Å². The molecule has 0 saturated carbocycles. The molecule has 1 saturated heterocycles. The fourth-order valence-electron chi connectivity index (χ4n) is 4.08. The molecule has 1 aromatic carbocycles. The average molecular weight is 442 g/mol. The van der Waals surface area contributed by atoms with Crippen molar-refractivity contribution in [1.29, 1.82) is 0 Å². The minimum absolute atomic E-state index is 0.226. The Hall–Kier alpha value is -2.35. The Labute approximate surface area is 192 Å². The summed E-state index contributed by atoms with van der Waals surface area (Å²) in [7, 11) is 2.20. The van der Waals surface area contributed by atoms with Crippen molar-refractivity contribution in [2.24, 2.45) is 4.99 Å². The van der Waals surface area contributed by atoms with E-state index in [1.165, 1.54) is 5.56 Å². The first kappa shape index (κ1) is 24.3. The van der Waals surface area contributed by atoms with Crippen molar-refractivity contribution in [3.63, 3.8) is 0 Å².